The minimum Gasteiger partial charge on any atom is -0.459 e. The molecule has 1 aliphatic heterocycles. The normalized spacial score (nSPS) is 15.6. The molecule has 10 nitrogen and oxygen atoms in total. The molecular weight excluding hydrogens is 458 g/mol. The van der Waals surface area contributed by atoms with Crippen molar-refractivity contribution in [3.05, 3.63) is 48.6 Å². The molecule has 2 aromatic heterocycles. The number of carbonyl (C=O) groups is 1. The van der Waals surface area contributed by atoms with Crippen LogP contribution in [-0.4, -0.2) is 59.4 Å². The number of rotatable bonds is 10. The summed E-state index contributed by atoms with van der Waals surface area (Å²) >= 11 is 0. The van der Waals surface area contributed by atoms with Crippen molar-refractivity contribution in [1.82, 2.24) is 19.4 Å². The number of benzene rings is 1. The zero-order valence-corrected chi connectivity index (χ0v) is 20.1. The van der Waals surface area contributed by atoms with E-state index in [0.717, 1.165) is 19.3 Å². The third-order valence-corrected chi connectivity index (χ3v) is 7.71. The van der Waals surface area contributed by atoms with E-state index >= 15 is 0 Å². The van der Waals surface area contributed by atoms with Crippen molar-refractivity contribution in [2.75, 3.05) is 25.0 Å². The van der Waals surface area contributed by atoms with Crippen molar-refractivity contribution in [3.8, 4) is 11.7 Å². The molecule has 0 bridgehead atoms. The number of hydrogen-bond donors (Lipinski definition) is 1. The fraction of sp³-hybridized carbons (Fsp3) is 0.435. The molecule has 1 saturated heterocycles. The van der Waals surface area contributed by atoms with Gasteiger partial charge in [0.15, 0.2) is 5.76 Å². The van der Waals surface area contributed by atoms with E-state index in [0.29, 0.717) is 43.5 Å². The van der Waals surface area contributed by atoms with Gasteiger partial charge in [0.05, 0.1) is 23.7 Å². The Morgan fingerprint density at radius 3 is 2.56 bits per heavy atom. The Labute approximate surface area is 199 Å². The van der Waals surface area contributed by atoms with Gasteiger partial charge in [-0.05, 0) is 69.1 Å². The Bertz CT molecular complexity index is 1180. The van der Waals surface area contributed by atoms with E-state index in [4.69, 9.17) is 8.83 Å². The van der Waals surface area contributed by atoms with Gasteiger partial charge in [-0.1, -0.05) is 6.92 Å². The lowest BCUT2D eigenvalue weighted by Crippen LogP contribution is -2.42. The minimum atomic E-state index is -3.49. The summed E-state index contributed by atoms with van der Waals surface area (Å²) in [5.74, 6) is 0.949. The standard InChI is InChI=1S/C23H29N5O5S/c1-3-12-27(16-21-25-26-23(33-21)20-7-6-15-32-20)17(2)22(29)24-18-8-10-19(11-9-18)34(30,31)28-13-4-5-14-28/h6-11,15,17H,3-5,12-14,16H2,1-2H3,(H,24,29). The molecule has 1 amide bonds. The monoisotopic (exact) mass is 487 g/mol. The Balaban J connectivity index is 1.39. The summed E-state index contributed by atoms with van der Waals surface area (Å²) in [6, 6.07) is 9.30. The summed E-state index contributed by atoms with van der Waals surface area (Å²) in [6.07, 6.45) is 4.13. The summed E-state index contributed by atoms with van der Waals surface area (Å²) in [5, 5.41) is 11.0. The smallest absolute Gasteiger partial charge is 0.283 e. The first kappa shape index (κ1) is 24.1. The quantitative estimate of drug-likeness (QED) is 0.462. The Hall–Kier alpha value is -3.02. The number of hydrogen-bond acceptors (Lipinski definition) is 8. The van der Waals surface area contributed by atoms with Crippen LogP contribution >= 0.6 is 0 Å². The number of anilines is 1. The van der Waals surface area contributed by atoms with E-state index in [1.807, 2.05) is 11.8 Å². The molecule has 4 rings (SSSR count). The molecule has 3 aromatic rings. The predicted molar refractivity (Wildman–Crippen MR) is 125 cm³/mol. The highest BCUT2D eigenvalue weighted by atomic mass is 32.2. The Morgan fingerprint density at radius 1 is 1.18 bits per heavy atom. The van der Waals surface area contributed by atoms with E-state index in [2.05, 4.69) is 15.5 Å². The maximum Gasteiger partial charge on any atom is 0.283 e. The van der Waals surface area contributed by atoms with Gasteiger partial charge < -0.3 is 14.2 Å². The summed E-state index contributed by atoms with van der Waals surface area (Å²) in [5.41, 5.74) is 0.534. The van der Waals surface area contributed by atoms with Crippen LogP contribution in [0.4, 0.5) is 5.69 Å². The van der Waals surface area contributed by atoms with Crippen molar-refractivity contribution in [2.24, 2.45) is 0 Å². The lowest BCUT2D eigenvalue weighted by Gasteiger charge is -2.26. The SMILES string of the molecule is CCCN(Cc1nnc(-c2ccco2)o1)C(C)C(=O)Nc1ccc(S(=O)(=O)N2CCCC2)cc1. The molecule has 0 aliphatic carbocycles. The number of nitrogens with one attached hydrogen (secondary N) is 1. The van der Waals surface area contributed by atoms with Gasteiger partial charge in [0, 0.05) is 18.8 Å². The molecule has 182 valence electrons. The van der Waals surface area contributed by atoms with Crippen LogP contribution in [0, 0.1) is 0 Å². The molecule has 1 fully saturated rings. The summed E-state index contributed by atoms with van der Waals surface area (Å²) in [6.45, 7) is 5.90. The highest BCUT2D eigenvalue weighted by Gasteiger charge is 2.27. The highest BCUT2D eigenvalue weighted by Crippen LogP contribution is 2.23. The molecular formula is C23H29N5O5S. The summed E-state index contributed by atoms with van der Waals surface area (Å²) < 4.78 is 37.9. The van der Waals surface area contributed by atoms with Gasteiger partial charge in [0.2, 0.25) is 21.8 Å². The number of amides is 1. The predicted octanol–water partition coefficient (Wildman–Crippen LogP) is 3.35. The average Bonchev–Trinajstić information content (AvgIpc) is 3.61. The van der Waals surface area contributed by atoms with Gasteiger partial charge in [0.1, 0.15) is 0 Å². The molecule has 1 N–H and O–H groups in total. The maximum atomic E-state index is 12.9. The number of nitrogens with zero attached hydrogens (tertiary/aromatic N) is 4. The van der Waals surface area contributed by atoms with Gasteiger partial charge in [-0.15, -0.1) is 10.2 Å². The van der Waals surface area contributed by atoms with Crippen molar-refractivity contribution < 1.29 is 22.0 Å². The fourth-order valence-electron chi connectivity index (χ4n) is 3.89. The zero-order chi connectivity index (χ0) is 24.1. The largest absolute Gasteiger partial charge is 0.459 e. The topological polar surface area (TPSA) is 122 Å². The van der Waals surface area contributed by atoms with Crippen LogP contribution in [0.1, 0.15) is 39.0 Å². The molecule has 3 heterocycles. The molecule has 34 heavy (non-hydrogen) atoms. The van der Waals surface area contributed by atoms with E-state index in [1.165, 1.54) is 22.7 Å². The molecule has 1 atom stereocenters. The first-order valence-corrected chi connectivity index (χ1v) is 12.8. The third kappa shape index (κ3) is 5.37. The molecule has 1 aromatic carbocycles. The van der Waals surface area contributed by atoms with Crippen LogP contribution in [0.25, 0.3) is 11.7 Å². The van der Waals surface area contributed by atoms with Crippen molar-refractivity contribution >= 4 is 21.6 Å². The molecule has 1 unspecified atom stereocenters. The Kier molecular flexibility index (Phi) is 7.44. The second-order valence-corrected chi connectivity index (χ2v) is 10.2. The van der Waals surface area contributed by atoms with Gasteiger partial charge in [-0.2, -0.15) is 4.31 Å². The molecule has 0 spiro atoms. The van der Waals surface area contributed by atoms with Crippen molar-refractivity contribution in [1.29, 1.82) is 0 Å². The minimum absolute atomic E-state index is 0.214. The van der Waals surface area contributed by atoms with Crippen LogP contribution in [-0.2, 0) is 21.4 Å². The number of carbonyl (C=O) groups excluding carboxylic acids is 1. The van der Waals surface area contributed by atoms with Crippen LogP contribution in [0.15, 0.2) is 56.4 Å². The average molecular weight is 488 g/mol. The van der Waals surface area contributed by atoms with Crippen LogP contribution in [0.2, 0.25) is 0 Å². The van der Waals surface area contributed by atoms with E-state index in [9.17, 15) is 13.2 Å². The second kappa shape index (κ2) is 10.5. The Morgan fingerprint density at radius 2 is 1.91 bits per heavy atom. The van der Waals surface area contributed by atoms with Crippen LogP contribution in [0.5, 0.6) is 0 Å². The molecule has 11 heteroatoms. The molecule has 0 radical (unpaired) electrons. The lowest BCUT2D eigenvalue weighted by atomic mass is 10.2. The second-order valence-electron chi connectivity index (χ2n) is 8.25. The molecule has 0 saturated carbocycles. The van der Waals surface area contributed by atoms with Crippen molar-refractivity contribution in [2.45, 2.75) is 50.6 Å². The fourth-order valence-corrected chi connectivity index (χ4v) is 5.41. The first-order chi connectivity index (χ1) is 16.4. The van der Waals surface area contributed by atoms with Gasteiger partial charge in [-0.3, -0.25) is 9.69 Å². The summed E-state index contributed by atoms with van der Waals surface area (Å²) in [7, 11) is -3.49. The van der Waals surface area contributed by atoms with Crippen LogP contribution < -0.4 is 5.32 Å². The zero-order valence-electron chi connectivity index (χ0n) is 19.3. The third-order valence-electron chi connectivity index (χ3n) is 5.80. The van der Waals surface area contributed by atoms with Crippen molar-refractivity contribution in [3.63, 3.8) is 0 Å². The van der Waals surface area contributed by atoms with Gasteiger partial charge >= 0.3 is 0 Å². The van der Waals surface area contributed by atoms with E-state index in [-0.39, 0.29) is 16.7 Å². The number of furan rings is 1. The van der Waals surface area contributed by atoms with Gasteiger partial charge in [-0.25, -0.2) is 8.42 Å². The molecule has 1 aliphatic rings. The first-order valence-electron chi connectivity index (χ1n) is 11.4. The highest BCUT2D eigenvalue weighted by molar-refractivity contribution is 7.89. The van der Waals surface area contributed by atoms with E-state index < -0.39 is 16.1 Å². The summed E-state index contributed by atoms with van der Waals surface area (Å²) in [4.78, 5) is 15.1. The van der Waals surface area contributed by atoms with Crippen LogP contribution in [0.3, 0.4) is 0 Å². The maximum absolute atomic E-state index is 12.9. The lowest BCUT2D eigenvalue weighted by molar-refractivity contribution is -0.121. The number of sulfonamides is 1. The number of aromatic nitrogens is 2. The van der Waals surface area contributed by atoms with E-state index in [1.54, 1.807) is 31.2 Å². The van der Waals surface area contributed by atoms with Gasteiger partial charge in [0.25, 0.3) is 5.89 Å².